The number of rotatable bonds is 5. The zero-order valence-electron chi connectivity index (χ0n) is 12.5. The highest BCUT2D eigenvalue weighted by Gasteiger charge is 2.11. The maximum Gasteiger partial charge on any atom is 0.194 e. The molecule has 2 aromatic heterocycles. The number of fused-ring (bicyclic) bond motifs is 1. The number of thiazole rings is 1. The minimum Gasteiger partial charge on any atom is -0.497 e. The Morgan fingerprint density at radius 1 is 1.19 bits per heavy atom. The fraction of sp³-hybridized carbons (Fsp3) is 0.312. The summed E-state index contributed by atoms with van der Waals surface area (Å²) in [5.41, 5.74) is 4.84. The molecule has 0 fully saturated rings. The third-order valence-corrected chi connectivity index (χ3v) is 4.55. The lowest BCUT2D eigenvalue weighted by Gasteiger charge is -2.07. The van der Waals surface area contributed by atoms with E-state index < -0.39 is 0 Å². The molecule has 110 valence electrons. The Labute approximate surface area is 128 Å². The number of ether oxygens (including phenoxy) is 1. The lowest BCUT2D eigenvalue weighted by molar-refractivity contribution is 0.414. The van der Waals surface area contributed by atoms with Crippen molar-refractivity contribution in [3.63, 3.8) is 0 Å². The van der Waals surface area contributed by atoms with Crippen LogP contribution in [0, 0.1) is 13.8 Å². The van der Waals surface area contributed by atoms with Crippen LogP contribution in [0.15, 0.2) is 29.6 Å². The molecule has 0 aliphatic carbocycles. The van der Waals surface area contributed by atoms with Crippen LogP contribution in [0.1, 0.15) is 22.6 Å². The van der Waals surface area contributed by atoms with Gasteiger partial charge in [-0.3, -0.25) is 4.40 Å². The van der Waals surface area contributed by atoms with E-state index in [0.29, 0.717) is 0 Å². The van der Waals surface area contributed by atoms with Crippen LogP contribution < -0.4 is 10.1 Å². The molecule has 3 aromatic rings. The van der Waals surface area contributed by atoms with Crippen LogP contribution in [0.2, 0.25) is 0 Å². The van der Waals surface area contributed by atoms with Gasteiger partial charge in [0.15, 0.2) is 4.96 Å². The van der Waals surface area contributed by atoms with Crippen molar-refractivity contribution in [1.29, 1.82) is 0 Å². The summed E-state index contributed by atoms with van der Waals surface area (Å²) in [6, 6.07) is 8.14. The lowest BCUT2D eigenvalue weighted by Crippen LogP contribution is -2.15. The largest absolute Gasteiger partial charge is 0.497 e. The van der Waals surface area contributed by atoms with E-state index >= 15 is 0 Å². The summed E-state index contributed by atoms with van der Waals surface area (Å²) in [5.74, 6) is 0.890. The Kier molecular flexibility index (Phi) is 3.94. The lowest BCUT2D eigenvalue weighted by atomic mass is 10.2. The molecule has 0 unspecified atom stereocenters. The predicted molar refractivity (Wildman–Crippen MR) is 86.1 cm³/mol. The molecule has 3 rings (SSSR count). The fourth-order valence-electron chi connectivity index (χ4n) is 2.44. The molecule has 0 saturated heterocycles. The summed E-state index contributed by atoms with van der Waals surface area (Å²) in [6.45, 7) is 5.84. The van der Waals surface area contributed by atoms with Crippen LogP contribution in [-0.4, -0.2) is 16.5 Å². The van der Waals surface area contributed by atoms with E-state index in [0.717, 1.165) is 29.5 Å². The van der Waals surface area contributed by atoms with Crippen LogP contribution in [0.5, 0.6) is 5.75 Å². The first kappa shape index (κ1) is 14.1. The quantitative estimate of drug-likeness (QED) is 0.786. The second kappa shape index (κ2) is 5.87. The van der Waals surface area contributed by atoms with Gasteiger partial charge in [-0.25, -0.2) is 4.98 Å². The van der Waals surface area contributed by atoms with Crippen LogP contribution >= 0.6 is 11.3 Å². The number of hydrogen-bond donors (Lipinski definition) is 1. The van der Waals surface area contributed by atoms with Crippen molar-refractivity contribution in [2.24, 2.45) is 0 Å². The average Bonchev–Trinajstić information content (AvgIpc) is 3.00. The van der Waals surface area contributed by atoms with E-state index in [1.54, 1.807) is 18.4 Å². The molecule has 21 heavy (non-hydrogen) atoms. The van der Waals surface area contributed by atoms with E-state index in [1.165, 1.54) is 17.0 Å². The molecule has 0 bridgehead atoms. The third kappa shape index (κ3) is 2.80. The Morgan fingerprint density at radius 2 is 1.95 bits per heavy atom. The van der Waals surface area contributed by atoms with E-state index in [2.05, 4.69) is 46.1 Å². The van der Waals surface area contributed by atoms with E-state index in [9.17, 15) is 0 Å². The normalized spacial score (nSPS) is 11.2. The zero-order chi connectivity index (χ0) is 14.8. The topological polar surface area (TPSA) is 38.6 Å². The monoisotopic (exact) mass is 301 g/mol. The molecule has 1 N–H and O–H groups in total. The van der Waals surface area contributed by atoms with Crippen molar-refractivity contribution in [1.82, 2.24) is 14.7 Å². The third-order valence-electron chi connectivity index (χ3n) is 3.61. The summed E-state index contributed by atoms with van der Waals surface area (Å²) in [5, 5.41) is 5.64. The van der Waals surface area contributed by atoms with Crippen LogP contribution in [0.25, 0.3) is 4.96 Å². The Bertz CT molecular complexity index is 743. The van der Waals surface area contributed by atoms with Gasteiger partial charge in [-0.2, -0.15) is 0 Å². The summed E-state index contributed by atoms with van der Waals surface area (Å²) in [6.07, 6.45) is 0. The first-order chi connectivity index (χ1) is 10.2. The molecule has 2 heterocycles. The molecular formula is C16H19N3OS. The summed E-state index contributed by atoms with van der Waals surface area (Å²) >= 11 is 1.69. The highest BCUT2D eigenvalue weighted by Crippen LogP contribution is 2.20. The van der Waals surface area contributed by atoms with Gasteiger partial charge in [0, 0.05) is 24.2 Å². The second-order valence-corrected chi connectivity index (χ2v) is 5.93. The number of nitrogens with zero attached hydrogens (tertiary/aromatic N) is 2. The first-order valence-corrected chi connectivity index (χ1v) is 7.82. The zero-order valence-corrected chi connectivity index (χ0v) is 13.3. The van der Waals surface area contributed by atoms with Gasteiger partial charge in [0.1, 0.15) is 5.75 Å². The Morgan fingerprint density at radius 3 is 2.67 bits per heavy atom. The number of imidazole rings is 1. The summed E-state index contributed by atoms with van der Waals surface area (Å²) < 4.78 is 7.41. The van der Waals surface area contributed by atoms with E-state index in [4.69, 9.17) is 4.74 Å². The number of hydrogen-bond acceptors (Lipinski definition) is 4. The molecule has 0 radical (unpaired) electrons. The molecule has 0 amide bonds. The van der Waals surface area contributed by atoms with Gasteiger partial charge in [0.05, 0.1) is 18.5 Å². The van der Waals surface area contributed by atoms with Gasteiger partial charge >= 0.3 is 0 Å². The first-order valence-electron chi connectivity index (χ1n) is 6.94. The number of aryl methyl sites for hydroxylation is 2. The molecule has 5 heteroatoms. The van der Waals surface area contributed by atoms with Crippen LogP contribution in [-0.2, 0) is 13.1 Å². The maximum atomic E-state index is 5.17. The second-order valence-electron chi connectivity index (χ2n) is 5.09. The molecule has 0 saturated carbocycles. The maximum absolute atomic E-state index is 5.17. The molecule has 0 aliphatic rings. The summed E-state index contributed by atoms with van der Waals surface area (Å²) in [4.78, 5) is 5.68. The SMILES string of the molecule is COc1ccc(CNCc2c(C)nc3scc(C)n23)cc1. The molecule has 1 aromatic carbocycles. The summed E-state index contributed by atoms with van der Waals surface area (Å²) in [7, 11) is 1.68. The van der Waals surface area contributed by atoms with Crippen LogP contribution in [0.3, 0.4) is 0 Å². The van der Waals surface area contributed by atoms with Gasteiger partial charge in [-0.05, 0) is 31.5 Å². The number of nitrogens with one attached hydrogen (secondary N) is 1. The van der Waals surface area contributed by atoms with Gasteiger partial charge in [-0.15, -0.1) is 11.3 Å². The van der Waals surface area contributed by atoms with Crippen molar-refractivity contribution < 1.29 is 4.74 Å². The molecule has 4 nitrogen and oxygen atoms in total. The van der Waals surface area contributed by atoms with Crippen molar-refractivity contribution in [2.75, 3.05) is 7.11 Å². The van der Waals surface area contributed by atoms with Crippen molar-refractivity contribution in [3.05, 3.63) is 52.3 Å². The van der Waals surface area contributed by atoms with Gasteiger partial charge in [0.25, 0.3) is 0 Å². The van der Waals surface area contributed by atoms with E-state index in [1.807, 2.05) is 12.1 Å². The van der Waals surface area contributed by atoms with Gasteiger partial charge in [-0.1, -0.05) is 12.1 Å². The van der Waals surface area contributed by atoms with Crippen LogP contribution in [0.4, 0.5) is 0 Å². The van der Waals surface area contributed by atoms with Gasteiger partial charge in [0.2, 0.25) is 0 Å². The fourth-order valence-corrected chi connectivity index (χ4v) is 3.37. The van der Waals surface area contributed by atoms with Gasteiger partial charge < -0.3 is 10.1 Å². The molecular weight excluding hydrogens is 282 g/mol. The Balaban J connectivity index is 1.68. The minimum atomic E-state index is 0.816. The standard InChI is InChI=1S/C16H19N3OS/c1-11-10-21-16-18-12(2)15(19(11)16)9-17-8-13-4-6-14(20-3)7-5-13/h4-7,10,17H,8-9H2,1-3H3. The number of methoxy groups -OCH3 is 1. The number of aromatic nitrogens is 2. The average molecular weight is 301 g/mol. The smallest absolute Gasteiger partial charge is 0.194 e. The highest BCUT2D eigenvalue weighted by molar-refractivity contribution is 7.15. The Hall–Kier alpha value is -1.85. The molecule has 0 atom stereocenters. The minimum absolute atomic E-state index is 0.816. The van der Waals surface area contributed by atoms with Crippen molar-refractivity contribution >= 4 is 16.3 Å². The number of benzene rings is 1. The van der Waals surface area contributed by atoms with E-state index in [-0.39, 0.29) is 0 Å². The predicted octanol–water partition coefficient (Wildman–Crippen LogP) is 3.31. The molecule has 0 spiro atoms. The highest BCUT2D eigenvalue weighted by atomic mass is 32.1. The van der Waals surface area contributed by atoms with Crippen molar-refractivity contribution in [3.8, 4) is 5.75 Å². The van der Waals surface area contributed by atoms with Crippen molar-refractivity contribution in [2.45, 2.75) is 26.9 Å². The molecule has 0 aliphatic heterocycles.